The van der Waals surface area contributed by atoms with Gasteiger partial charge in [-0.3, -0.25) is 4.55 Å². The molecule has 0 atom stereocenters. The first-order chi connectivity index (χ1) is 16.1. The number of hydrogen-bond acceptors (Lipinski definition) is 4. The molecule has 0 aliphatic heterocycles. The molecule has 14 heteroatoms. The summed E-state index contributed by atoms with van der Waals surface area (Å²) < 4.78 is 77.9. The van der Waals surface area contributed by atoms with Crippen molar-refractivity contribution in [3.63, 3.8) is 0 Å². The number of nitrogens with one attached hydrogen (secondary N) is 2. The van der Waals surface area contributed by atoms with Gasteiger partial charge in [0.25, 0.3) is 10.1 Å². The molecular weight excluding hydrogens is 556 g/mol. The highest BCUT2D eigenvalue weighted by molar-refractivity contribution is 7.86. The minimum absolute atomic E-state index is 0.0556. The molecule has 186 valence electrons. The molecule has 0 aromatic heterocycles. The third-order valence-corrected chi connectivity index (χ3v) is 6.29. The Morgan fingerprint density at radius 1 is 0.943 bits per heavy atom. The fraction of sp³-hybridized carbons (Fsp3) is 0.0952. The van der Waals surface area contributed by atoms with Gasteiger partial charge in [-0.05, 0) is 61.0 Å². The molecule has 0 aliphatic carbocycles. The number of carbonyl (C=O) groups is 1. The van der Waals surface area contributed by atoms with Crippen LogP contribution in [0.15, 0.2) is 53.4 Å². The first-order valence-corrected chi connectivity index (χ1v) is 11.9. The Hall–Kier alpha value is -2.70. The lowest BCUT2D eigenvalue weighted by molar-refractivity contribution is -0.137. The molecule has 0 saturated heterocycles. The summed E-state index contributed by atoms with van der Waals surface area (Å²) in [6.45, 7) is 1.57. The van der Waals surface area contributed by atoms with Gasteiger partial charge in [0.05, 0.1) is 16.3 Å². The van der Waals surface area contributed by atoms with Crippen molar-refractivity contribution in [1.29, 1.82) is 0 Å². The lowest BCUT2D eigenvalue weighted by Gasteiger charge is -2.16. The van der Waals surface area contributed by atoms with Crippen LogP contribution in [-0.2, 0) is 16.3 Å². The number of carbonyl (C=O) groups excluding carboxylic acids is 1. The summed E-state index contributed by atoms with van der Waals surface area (Å²) in [6, 6.07) is 8.04. The highest BCUT2D eigenvalue weighted by Crippen LogP contribution is 2.38. The van der Waals surface area contributed by atoms with Gasteiger partial charge in [0.15, 0.2) is 5.75 Å². The highest BCUT2D eigenvalue weighted by Gasteiger charge is 2.33. The van der Waals surface area contributed by atoms with E-state index >= 15 is 0 Å². The summed E-state index contributed by atoms with van der Waals surface area (Å²) >= 11 is 17.5. The molecule has 0 unspecified atom stereocenters. The molecule has 0 spiro atoms. The van der Waals surface area contributed by atoms with E-state index in [4.69, 9.17) is 39.5 Å². The smallest absolute Gasteiger partial charge is 0.417 e. The Kier molecular flexibility index (Phi) is 7.77. The average molecular weight is 570 g/mol. The van der Waals surface area contributed by atoms with Gasteiger partial charge >= 0.3 is 12.2 Å². The molecule has 0 bridgehead atoms. The zero-order valence-electron chi connectivity index (χ0n) is 17.4. The van der Waals surface area contributed by atoms with Crippen molar-refractivity contribution in [2.45, 2.75) is 18.0 Å². The maximum atomic E-state index is 13.1. The van der Waals surface area contributed by atoms with Gasteiger partial charge in [-0.25, -0.2) is 4.79 Å². The topological polar surface area (TPSA) is 105 Å². The largest absolute Gasteiger partial charge is 0.454 e. The molecule has 3 rings (SSSR count). The number of hydrogen-bond donors (Lipinski definition) is 3. The minimum Gasteiger partial charge on any atom is -0.454 e. The molecule has 2 amide bonds. The summed E-state index contributed by atoms with van der Waals surface area (Å²) in [5.41, 5.74) is -0.974. The number of halogens is 6. The second-order valence-electron chi connectivity index (χ2n) is 7.04. The van der Waals surface area contributed by atoms with E-state index in [0.29, 0.717) is 11.6 Å². The van der Waals surface area contributed by atoms with Crippen LogP contribution in [0.5, 0.6) is 11.5 Å². The molecule has 7 nitrogen and oxygen atoms in total. The summed E-state index contributed by atoms with van der Waals surface area (Å²) in [5, 5.41) is 4.27. The number of aryl methyl sites for hydroxylation is 1. The quantitative estimate of drug-likeness (QED) is 0.274. The van der Waals surface area contributed by atoms with Crippen LogP contribution >= 0.6 is 34.8 Å². The van der Waals surface area contributed by atoms with Gasteiger partial charge in [0, 0.05) is 15.7 Å². The predicted molar refractivity (Wildman–Crippen MR) is 127 cm³/mol. The van der Waals surface area contributed by atoms with E-state index in [-0.39, 0.29) is 32.9 Å². The van der Waals surface area contributed by atoms with E-state index in [1.54, 1.807) is 6.92 Å². The van der Waals surface area contributed by atoms with Gasteiger partial charge in [0.1, 0.15) is 10.6 Å². The van der Waals surface area contributed by atoms with Crippen LogP contribution in [0, 0.1) is 6.92 Å². The van der Waals surface area contributed by atoms with E-state index in [1.165, 1.54) is 30.3 Å². The Morgan fingerprint density at radius 2 is 1.63 bits per heavy atom. The van der Waals surface area contributed by atoms with Gasteiger partial charge in [0.2, 0.25) is 0 Å². The molecule has 3 aromatic carbocycles. The summed E-state index contributed by atoms with van der Waals surface area (Å²) in [6.07, 6.45) is -4.74. The Balaban J connectivity index is 1.91. The van der Waals surface area contributed by atoms with Gasteiger partial charge in [-0.2, -0.15) is 21.6 Å². The molecule has 0 heterocycles. The number of benzene rings is 3. The normalized spacial score (nSPS) is 11.8. The molecule has 0 aliphatic rings. The van der Waals surface area contributed by atoms with Gasteiger partial charge in [-0.15, -0.1) is 0 Å². The van der Waals surface area contributed by atoms with Crippen LogP contribution in [0.3, 0.4) is 0 Å². The van der Waals surface area contributed by atoms with Crippen molar-refractivity contribution in [3.05, 3.63) is 74.7 Å². The lowest BCUT2D eigenvalue weighted by atomic mass is 10.2. The molecule has 3 N–H and O–H groups in total. The minimum atomic E-state index is -4.74. The standard InChI is InChI=1S/C21H14Cl3F3N2O5S/c1-10-6-18(19(9-15(10)24)35(31,32)33)34-17-5-2-11(22)7-16(17)29-20(30)28-12-3-4-14(23)13(8-12)21(25,26)27/h2-9H,1H3,(H2,28,29,30)(H,31,32,33). The molecular formula is C21H14Cl3F3N2O5S. The van der Waals surface area contributed by atoms with Crippen molar-refractivity contribution >= 4 is 62.3 Å². The SMILES string of the molecule is Cc1cc(Oc2ccc(Cl)cc2NC(=O)Nc2ccc(Cl)c(C(F)(F)F)c2)c(S(=O)(=O)O)cc1Cl. The second-order valence-corrected chi connectivity index (χ2v) is 9.68. The van der Waals surface area contributed by atoms with E-state index in [9.17, 15) is 30.9 Å². The van der Waals surface area contributed by atoms with Crippen LogP contribution in [-0.4, -0.2) is 19.0 Å². The second kappa shape index (κ2) is 10.1. The molecule has 0 fully saturated rings. The fourth-order valence-corrected chi connectivity index (χ4v) is 4.08. The predicted octanol–water partition coefficient (Wildman–Crippen LogP) is 7.66. The zero-order chi connectivity index (χ0) is 26.1. The van der Waals surface area contributed by atoms with E-state index in [2.05, 4.69) is 10.6 Å². The van der Waals surface area contributed by atoms with Gasteiger partial charge in [-0.1, -0.05) is 34.8 Å². The Labute approximate surface area is 212 Å². The van der Waals surface area contributed by atoms with Crippen LogP contribution in [0.1, 0.15) is 11.1 Å². The third kappa shape index (κ3) is 6.71. The summed E-state index contributed by atoms with van der Waals surface area (Å²) in [4.78, 5) is 11.9. The molecule has 0 saturated carbocycles. The first kappa shape index (κ1) is 26.9. The van der Waals surface area contributed by atoms with Crippen LogP contribution in [0.4, 0.5) is 29.3 Å². The average Bonchev–Trinajstić information content (AvgIpc) is 2.72. The van der Waals surface area contributed by atoms with Crippen LogP contribution in [0.25, 0.3) is 0 Å². The molecule has 35 heavy (non-hydrogen) atoms. The van der Waals surface area contributed by atoms with Gasteiger partial charge < -0.3 is 15.4 Å². The maximum absolute atomic E-state index is 13.1. The molecule has 0 radical (unpaired) electrons. The fourth-order valence-electron chi connectivity index (χ4n) is 2.83. The Morgan fingerprint density at radius 3 is 2.26 bits per heavy atom. The number of anilines is 2. The Bertz CT molecular complexity index is 1420. The van der Waals surface area contributed by atoms with Crippen molar-refractivity contribution in [3.8, 4) is 11.5 Å². The van der Waals surface area contributed by atoms with E-state index < -0.39 is 37.8 Å². The van der Waals surface area contributed by atoms with Crippen LogP contribution in [0.2, 0.25) is 15.1 Å². The third-order valence-electron chi connectivity index (χ3n) is 4.44. The molecule has 3 aromatic rings. The number of amides is 2. The lowest BCUT2D eigenvalue weighted by Crippen LogP contribution is -2.20. The van der Waals surface area contributed by atoms with Crippen molar-refractivity contribution in [2.75, 3.05) is 10.6 Å². The van der Waals surface area contributed by atoms with E-state index in [0.717, 1.165) is 12.1 Å². The number of urea groups is 1. The monoisotopic (exact) mass is 568 g/mol. The summed E-state index contributed by atoms with van der Waals surface area (Å²) in [7, 11) is -4.74. The summed E-state index contributed by atoms with van der Waals surface area (Å²) in [5.74, 6) is -0.393. The van der Waals surface area contributed by atoms with Crippen LogP contribution < -0.4 is 15.4 Å². The number of alkyl halides is 3. The number of ether oxygens (including phenoxy) is 1. The zero-order valence-corrected chi connectivity index (χ0v) is 20.5. The van der Waals surface area contributed by atoms with E-state index in [1.807, 2.05) is 0 Å². The number of rotatable bonds is 5. The van der Waals surface area contributed by atoms with Crippen molar-refractivity contribution in [1.82, 2.24) is 0 Å². The van der Waals surface area contributed by atoms with Crippen molar-refractivity contribution in [2.24, 2.45) is 0 Å². The maximum Gasteiger partial charge on any atom is 0.417 e. The first-order valence-electron chi connectivity index (χ1n) is 9.35. The van der Waals surface area contributed by atoms with Crippen molar-refractivity contribution < 1.29 is 35.7 Å². The highest BCUT2D eigenvalue weighted by atomic mass is 35.5.